The monoisotopic (exact) mass is 288 g/mol. The van der Waals surface area contributed by atoms with E-state index < -0.39 is 0 Å². The summed E-state index contributed by atoms with van der Waals surface area (Å²) in [7, 11) is 0. The first-order chi connectivity index (χ1) is 10.2. The average Bonchev–Trinajstić information content (AvgIpc) is 3.22. The van der Waals surface area contributed by atoms with Crippen molar-refractivity contribution in [3.63, 3.8) is 0 Å². The molecule has 1 aliphatic heterocycles. The van der Waals surface area contributed by atoms with Crippen LogP contribution in [0.25, 0.3) is 0 Å². The maximum absolute atomic E-state index is 12.7. The van der Waals surface area contributed by atoms with Gasteiger partial charge >= 0.3 is 5.97 Å². The summed E-state index contributed by atoms with van der Waals surface area (Å²) >= 11 is 0. The number of hydrogen-bond donors (Lipinski definition) is 1. The smallest absolute Gasteiger partial charge is 0.325 e. The van der Waals surface area contributed by atoms with Gasteiger partial charge in [0.25, 0.3) is 0 Å². The minimum atomic E-state index is -0.326. The molecule has 0 radical (unpaired) electrons. The van der Waals surface area contributed by atoms with E-state index in [1.54, 1.807) is 11.8 Å². The number of fused-ring (bicyclic) bond motifs is 1. The number of rotatable bonds is 5. The van der Waals surface area contributed by atoms with Crippen LogP contribution in [0, 0.1) is 0 Å². The molecule has 1 aromatic rings. The number of carbonyl (C=O) groups excluding carboxylic acids is 2. The molecule has 5 heteroatoms. The molecule has 1 amide bonds. The van der Waals surface area contributed by atoms with Crippen molar-refractivity contribution in [2.45, 2.75) is 38.3 Å². The molecule has 3 rings (SSSR count). The molecular formula is C16H20N2O3. The van der Waals surface area contributed by atoms with Gasteiger partial charge in [0.05, 0.1) is 6.61 Å². The van der Waals surface area contributed by atoms with E-state index in [0.717, 1.165) is 24.1 Å². The van der Waals surface area contributed by atoms with Crippen molar-refractivity contribution in [2.75, 3.05) is 18.5 Å². The molecule has 0 aromatic heterocycles. The highest BCUT2D eigenvalue weighted by molar-refractivity contribution is 5.90. The third-order valence-corrected chi connectivity index (χ3v) is 3.94. The fourth-order valence-electron chi connectivity index (χ4n) is 2.77. The van der Waals surface area contributed by atoms with Crippen LogP contribution < -0.4 is 5.32 Å². The van der Waals surface area contributed by atoms with Gasteiger partial charge in [0, 0.05) is 18.2 Å². The van der Waals surface area contributed by atoms with Crippen LogP contribution in [-0.2, 0) is 20.7 Å². The van der Waals surface area contributed by atoms with Crippen LogP contribution in [0.15, 0.2) is 24.3 Å². The van der Waals surface area contributed by atoms with E-state index in [2.05, 4.69) is 5.32 Å². The molecule has 1 saturated carbocycles. The zero-order valence-corrected chi connectivity index (χ0v) is 12.2. The fraction of sp³-hybridized carbons (Fsp3) is 0.500. The van der Waals surface area contributed by atoms with Gasteiger partial charge in [-0.05, 0) is 31.4 Å². The van der Waals surface area contributed by atoms with Crippen molar-refractivity contribution >= 4 is 17.6 Å². The molecule has 112 valence electrons. The first kappa shape index (κ1) is 13.9. The highest BCUT2D eigenvalue weighted by Gasteiger charge is 2.38. The number of amides is 1. The van der Waals surface area contributed by atoms with Crippen LogP contribution in [0.4, 0.5) is 5.69 Å². The van der Waals surface area contributed by atoms with Gasteiger partial charge in [0.1, 0.15) is 12.6 Å². The molecule has 0 spiro atoms. The molecule has 1 N–H and O–H groups in total. The third kappa shape index (κ3) is 3.01. The summed E-state index contributed by atoms with van der Waals surface area (Å²) in [4.78, 5) is 26.1. The Morgan fingerprint density at radius 2 is 2.10 bits per heavy atom. The van der Waals surface area contributed by atoms with Crippen molar-refractivity contribution in [1.82, 2.24) is 4.90 Å². The Morgan fingerprint density at radius 3 is 2.76 bits per heavy atom. The van der Waals surface area contributed by atoms with E-state index in [1.165, 1.54) is 0 Å². The molecule has 1 unspecified atom stereocenters. The van der Waals surface area contributed by atoms with Gasteiger partial charge in [-0.2, -0.15) is 0 Å². The second-order valence-electron chi connectivity index (χ2n) is 5.56. The predicted octanol–water partition coefficient (Wildman–Crippen LogP) is 1.58. The quantitative estimate of drug-likeness (QED) is 0.836. The van der Waals surface area contributed by atoms with E-state index in [0.29, 0.717) is 13.0 Å². The van der Waals surface area contributed by atoms with Gasteiger partial charge in [0.15, 0.2) is 0 Å². The number of nitrogens with zero attached hydrogens (tertiary/aromatic N) is 1. The third-order valence-electron chi connectivity index (χ3n) is 3.94. The number of benzene rings is 1. The maximum Gasteiger partial charge on any atom is 0.325 e. The summed E-state index contributed by atoms with van der Waals surface area (Å²) in [5, 5.41) is 3.26. The lowest BCUT2D eigenvalue weighted by Crippen LogP contribution is -2.46. The Balaban J connectivity index is 1.67. The van der Waals surface area contributed by atoms with E-state index in [9.17, 15) is 9.59 Å². The molecule has 21 heavy (non-hydrogen) atoms. The zero-order valence-electron chi connectivity index (χ0n) is 12.2. The van der Waals surface area contributed by atoms with Crippen LogP contribution >= 0.6 is 0 Å². The van der Waals surface area contributed by atoms with Crippen LogP contribution in [0.2, 0.25) is 0 Å². The summed E-state index contributed by atoms with van der Waals surface area (Å²) in [6.45, 7) is 2.18. The molecule has 1 aromatic carbocycles. The lowest BCUT2D eigenvalue weighted by Gasteiger charge is -2.24. The van der Waals surface area contributed by atoms with Crippen molar-refractivity contribution < 1.29 is 14.3 Å². The first-order valence-corrected chi connectivity index (χ1v) is 7.49. The van der Waals surface area contributed by atoms with Gasteiger partial charge in [-0.1, -0.05) is 18.2 Å². The molecule has 1 fully saturated rings. The van der Waals surface area contributed by atoms with E-state index in [1.807, 2.05) is 24.3 Å². The SMILES string of the molecule is CCOC(=O)CN(C(=O)C1Cc2ccccc2N1)C1CC1. The molecule has 0 saturated heterocycles. The Kier molecular flexibility index (Phi) is 3.82. The fourth-order valence-corrected chi connectivity index (χ4v) is 2.77. The van der Waals surface area contributed by atoms with Crippen LogP contribution in [0.5, 0.6) is 0 Å². The zero-order chi connectivity index (χ0) is 14.8. The minimum Gasteiger partial charge on any atom is -0.465 e. The van der Waals surface area contributed by atoms with Crippen molar-refractivity contribution in [3.05, 3.63) is 29.8 Å². The second-order valence-corrected chi connectivity index (χ2v) is 5.56. The van der Waals surface area contributed by atoms with Gasteiger partial charge in [-0.25, -0.2) is 0 Å². The highest BCUT2D eigenvalue weighted by atomic mass is 16.5. The summed E-state index contributed by atoms with van der Waals surface area (Å²) in [5.41, 5.74) is 2.17. The largest absolute Gasteiger partial charge is 0.465 e. The molecule has 5 nitrogen and oxygen atoms in total. The Bertz CT molecular complexity index is 529. The molecular weight excluding hydrogens is 268 g/mol. The number of hydrogen-bond acceptors (Lipinski definition) is 4. The Morgan fingerprint density at radius 1 is 1.33 bits per heavy atom. The molecule has 0 bridgehead atoms. The lowest BCUT2D eigenvalue weighted by atomic mass is 10.1. The molecule has 1 aliphatic carbocycles. The second kappa shape index (κ2) is 5.76. The van der Waals surface area contributed by atoms with E-state index in [-0.39, 0.29) is 30.5 Å². The highest BCUT2D eigenvalue weighted by Crippen LogP contribution is 2.31. The number of para-hydroxylation sites is 1. The standard InChI is InChI=1S/C16H20N2O3/c1-2-21-15(19)10-18(12-7-8-12)16(20)14-9-11-5-3-4-6-13(11)17-14/h3-6,12,14,17H,2,7-10H2,1H3. The minimum absolute atomic E-state index is 0.00162. The maximum atomic E-state index is 12.7. The first-order valence-electron chi connectivity index (χ1n) is 7.49. The van der Waals surface area contributed by atoms with Crippen LogP contribution in [-0.4, -0.2) is 42.0 Å². The van der Waals surface area contributed by atoms with Crippen LogP contribution in [0.1, 0.15) is 25.3 Å². The van der Waals surface area contributed by atoms with Gasteiger partial charge < -0.3 is 15.0 Å². The molecule has 1 atom stereocenters. The van der Waals surface area contributed by atoms with E-state index >= 15 is 0 Å². The lowest BCUT2D eigenvalue weighted by molar-refractivity contribution is -0.149. The van der Waals surface area contributed by atoms with E-state index in [4.69, 9.17) is 4.74 Å². The molecule has 1 heterocycles. The number of carbonyl (C=O) groups is 2. The van der Waals surface area contributed by atoms with Crippen molar-refractivity contribution in [3.8, 4) is 0 Å². The number of esters is 1. The normalized spacial score (nSPS) is 19.6. The number of ether oxygens (including phenoxy) is 1. The number of nitrogens with one attached hydrogen (secondary N) is 1. The van der Waals surface area contributed by atoms with Crippen molar-refractivity contribution in [1.29, 1.82) is 0 Å². The van der Waals surface area contributed by atoms with Crippen molar-refractivity contribution in [2.24, 2.45) is 0 Å². The topological polar surface area (TPSA) is 58.6 Å². The Labute approximate surface area is 124 Å². The predicted molar refractivity (Wildman–Crippen MR) is 78.9 cm³/mol. The molecule has 2 aliphatic rings. The van der Waals surface area contributed by atoms with Gasteiger partial charge in [-0.15, -0.1) is 0 Å². The summed E-state index contributed by atoms with van der Waals surface area (Å²) < 4.78 is 4.97. The van der Waals surface area contributed by atoms with Crippen LogP contribution in [0.3, 0.4) is 0 Å². The van der Waals surface area contributed by atoms with Gasteiger partial charge in [-0.3, -0.25) is 9.59 Å². The van der Waals surface area contributed by atoms with Gasteiger partial charge in [0.2, 0.25) is 5.91 Å². The summed E-state index contributed by atoms with van der Waals surface area (Å²) in [6, 6.07) is 7.88. The number of anilines is 1. The average molecular weight is 288 g/mol. The summed E-state index contributed by atoms with van der Waals surface area (Å²) in [5.74, 6) is -0.324. The Hall–Kier alpha value is -2.04. The summed E-state index contributed by atoms with van der Waals surface area (Å²) in [6.07, 6.45) is 2.64.